The van der Waals surface area contributed by atoms with Gasteiger partial charge < -0.3 is 5.73 Å². The largest absolute Gasteiger partial charge is 0.323 e. The Labute approximate surface area is 72.4 Å². The molecule has 62 valence electrons. The first-order valence-corrected chi connectivity index (χ1v) is 3.26. The quantitative estimate of drug-likeness (QED) is 0.695. The van der Waals surface area contributed by atoms with E-state index >= 15 is 0 Å². The van der Waals surface area contributed by atoms with Crippen LogP contribution < -0.4 is 5.73 Å². The van der Waals surface area contributed by atoms with Gasteiger partial charge in [-0.05, 0) is 26.0 Å². The maximum absolute atomic E-state index is 5.56. The van der Waals surface area contributed by atoms with Crippen molar-refractivity contribution in [1.82, 2.24) is 10.2 Å². The molecule has 2 N–H and O–H groups in total. The Morgan fingerprint density at radius 3 is 2.36 bits per heavy atom. The van der Waals surface area contributed by atoms with Crippen LogP contribution in [0.4, 0.5) is 0 Å². The maximum atomic E-state index is 5.56. The Balaban J connectivity index is 0.000001000. The minimum absolute atomic E-state index is 0. The molecule has 0 aliphatic carbocycles. The van der Waals surface area contributed by atoms with Crippen LogP contribution in [0.15, 0.2) is 12.1 Å². The SMILES string of the molecule is Cc1ccc(C(C)N)nn1.Cl. The molecule has 1 rings (SSSR count). The Hall–Kier alpha value is -0.670. The number of nitrogens with zero attached hydrogens (tertiary/aromatic N) is 2. The van der Waals surface area contributed by atoms with Crippen LogP contribution in [0.3, 0.4) is 0 Å². The van der Waals surface area contributed by atoms with Crippen molar-refractivity contribution in [3.8, 4) is 0 Å². The van der Waals surface area contributed by atoms with Crippen LogP contribution >= 0.6 is 12.4 Å². The highest BCUT2D eigenvalue weighted by atomic mass is 35.5. The molecular formula is C7H12ClN3. The molecule has 4 heteroatoms. The topological polar surface area (TPSA) is 51.8 Å². The van der Waals surface area contributed by atoms with Gasteiger partial charge in [0.1, 0.15) is 0 Å². The number of hydrogen-bond acceptors (Lipinski definition) is 3. The molecule has 0 bridgehead atoms. The average molecular weight is 174 g/mol. The summed E-state index contributed by atoms with van der Waals surface area (Å²) >= 11 is 0. The smallest absolute Gasteiger partial charge is 0.0795 e. The fourth-order valence-electron chi connectivity index (χ4n) is 0.652. The second-order valence-corrected chi connectivity index (χ2v) is 2.39. The zero-order valence-corrected chi connectivity index (χ0v) is 7.43. The molecule has 1 atom stereocenters. The second kappa shape index (κ2) is 4.26. The molecule has 1 heterocycles. The number of aryl methyl sites for hydroxylation is 1. The van der Waals surface area contributed by atoms with Crippen LogP contribution in [0.1, 0.15) is 24.4 Å². The van der Waals surface area contributed by atoms with Gasteiger partial charge in [0, 0.05) is 6.04 Å². The molecule has 0 fully saturated rings. The Kier molecular flexibility index (Phi) is 4.00. The van der Waals surface area contributed by atoms with Gasteiger partial charge in [0.15, 0.2) is 0 Å². The summed E-state index contributed by atoms with van der Waals surface area (Å²) in [5, 5.41) is 7.77. The van der Waals surface area contributed by atoms with Crippen LogP contribution in [0.25, 0.3) is 0 Å². The summed E-state index contributed by atoms with van der Waals surface area (Å²) in [6.45, 7) is 3.79. The van der Waals surface area contributed by atoms with Gasteiger partial charge in [-0.15, -0.1) is 12.4 Å². The van der Waals surface area contributed by atoms with Crippen molar-refractivity contribution in [2.24, 2.45) is 5.73 Å². The molecule has 0 aliphatic rings. The van der Waals surface area contributed by atoms with Gasteiger partial charge in [0.25, 0.3) is 0 Å². The normalized spacial score (nSPS) is 11.9. The molecule has 1 unspecified atom stereocenters. The minimum atomic E-state index is -0.0203. The van der Waals surface area contributed by atoms with E-state index in [4.69, 9.17) is 5.73 Å². The van der Waals surface area contributed by atoms with Crippen molar-refractivity contribution in [2.75, 3.05) is 0 Å². The van der Waals surface area contributed by atoms with Gasteiger partial charge in [0.05, 0.1) is 11.4 Å². The lowest BCUT2D eigenvalue weighted by atomic mass is 10.2. The van der Waals surface area contributed by atoms with Crippen LogP contribution in [-0.2, 0) is 0 Å². The lowest BCUT2D eigenvalue weighted by Crippen LogP contribution is -2.08. The first-order chi connectivity index (χ1) is 4.70. The molecule has 0 radical (unpaired) electrons. The molecule has 0 aromatic carbocycles. The van der Waals surface area contributed by atoms with Crippen LogP contribution in [0, 0.1) is 6.92 Å². The lowest BCUT2D eigenvalue weighted by molar-refractivity contribution is 0.746. The molecule has 1 aromatic heterocycles. The molecule has 0 saturated carbocycles. The van der Waals surface area contributed by atoms with E-state index in [1.54, 1.807) is 0 Å². The predicted octanol–water partition coefficient (Wildman–Crippen LogP) is 1.23. The van der Waals surface area contributed by atoms with E-state index in [2.05, 4.69) is 10.2 Å². The zero-order chi connectivity index (χ0) is 7.56. The van der Waals surface area contributed by atoms with E-state index in [0.29, 0.717) is 0 Å². The van der Waals surface area contributed by atoms with Crippen molar-refractivity contribution in [1.29, 1.82) is 0 Å². The first-order valence-electron chi connectivity index (χ1n) is 3.26. The number of halogens is 1. The number of nitrogens with two attached hydrogens (primary N) is 1. The summed E-state index contributed by atoms with van der Waals surface area (Å²) in [6.07, 6.45) is 0. The van der Waals surface area contributed by atoms with Gasteiger partial charge in [-0.3, -0.25) is 0 Å². The third kappa shape index (κ3) is 2.82. The Morgan fingerprint density at radius 2 is 2.00 bits per heavy atom. The number of aromatic nitrogens is 2. The van der Waals surface area contributed by atoms with Gasteiger partial charge >= 0.3 is 0 Å². The lowest BCUT2D eigenvalue weighted by Gasteiger charge is -2.01. The van der Waals surface area contributed by atoms with E-state index in [1.807, 2.05) is 26.0 Å². The van der Waals surface area contributed by atoms with Crippen molar-refractivity contribution in [2.45, 2.75) is 19.9 Å². The molecule has 3 nitrogen and oxygen atoms in total. The van der Waals surface area contributed by atoms with Gasteiger partial charge in [-0.25, -0.2) is 0 Å². The summed E-state index contributed by atoms with van der Waals surface area (Å²) in [6, 6.07) is 3.78. The third-order valence-electron chi connectivity index (χ3n) is 1.29. The summed E-state index contributed by atoms with van der Waals surface area (Å²) in [5.74, 6) is 0. The standard InChI is InChI=1S/C7H11N3.ClH/c1-5-3-4-7(6(2)8)10-9-5;/h3-4,6H,8H2,1-2H3;1H. The van der Waals surface area contributed by atoms with Crippen molar-refractivity contribution >= 4 is 12.4 Å². The number of hydrogen-bond donors (Lipinski definition) is 1. The fourth-order valence-corrected chi connectivity index (χ4v) is 0.652. The van der Waals surface area contributed by atoms with E-state index in [1.165, 1.54) is 0 Å². The highest BCUT2D eigenvalue weighted by Gasteiger charge is 1.98. The zero-order valence-electron chi connectivity index (χ0n) is 6.61. The highest BCUT2D eigenvalue weighted by Crippen LogP contribution is 2.03. The molecule has 0 aliphatic heterocycles. The first kappa shape index (κ1) is 10.3. The number of rotatable bonds is 1. The second-order valence-electron chi connectivity index (χ2n) is 2.39. The maximum Gasteiger partial charge on any atom is 0.0795 e. The average Bonchev–Trinajstić information content (AvgIpc) is 1.88. The van der Waals surface area contributed by atoms with Crippen LogP contribution in [0.2, 0.25) is 0 Å². The summed E-state index contributed by atoms with van der Waals surface area (Å²) < 4.78 is 0. The van der Waals surface area contributed by atoms with Crippen molar-refractivity contribution < 1.29 is 0 Å². The summed E-state index contributed by atoms with van der Waals surface area (Å²) in [4.78, 5) is 0. The highest BCUT2D eigenvalue weighted by molar-refractivity contribution is 5.85. The third-order valence-corrected chi connectivity index (χ3v) is 1.29. The van der Waals surface area contributed by atoms with Crippen molar-refractivity contribution in [3.05, 3.63) is 23.5 Å². The fraction of sp³-hybridized carbons (Fsp3) is 0.429. The monoisotopic (exact) mass is 173 g/mol. The van der Waals surface area contributed by atoms with E-state index in [9.17, 15) is 0 Å². The Bertz CT molecular complexity index is 207. The molecule has 1 aromatic rings. The van der Waals surface area contributed by atoms with Crippen molar-refractivity contribution in [3.63, 3.8) is 0 Å². The Morgan fingerprint density at radius 1 is 1.36 bits per heavy atom. The summed E-state index contributed by atoms with van der Waals surface area (Å²) in [5.41, 5.74) is 7.32. The van der Waals surface area contributed by atoms with E-state index in [0.717, 1.165) is 11.4 Å². The molecule has 11 heavy (non-hydrogen) atoms. The molecule has 0 saturated heterocycles. The molecular weight excluding hydrogens is 162 g/mol. The molecule has 0 amide bonds. The van der Waals surface area contributed by atoms with Crippen LogP contribution in [-0.4, -0.2) is 10.2 Å². The summed E-state index contributed by atoms with van der Waals surface area (Å²) in [7, 11) is 0. The minimum Gasteiger partial charge on any atom is -0.323 e. The predicted molar refractivity (Wildman–Crippen MR) is 46.6 cm³/mol. The van der Waals surface area contributed by atoms with E-state index in [-0.39, 0.29) is 18.4 Å². The van der Waals surface area contributed by atoms with Gasteiger partial charge in [-0.1, -0.05) is 0 Å². The molecule has 0 spiro atoms. The van der Waals surface area contributed by atoms with Crippen LogP contribution in [0.5, 0.6) is 0 Å². The van der Waals surface area contributed by atoms with Gasteiger partial charge in [-0.2, -0.15) is 10.2 Å². The van der Waals surface area contributed by atoms with E-state index < -0.39 is 0 Å². The van der Waals surface area contributed by atoms with Gasteiger partial charge in [0.2, 0.25) is 0 Å².